The van der Waals surface area contributed by atoms with Gasteiger partial charge in [0.15, 0.2) is 0 Å². The van der Waals surface area contributed by atoms with Gasteiger partial charge in [0.05, 0.1) is 18.1 Å². The average Bonchev–Trinajstić information content (AvgIpc) is 2.95. The largest absolute Gasteiger partial charge is 0.496 e. The molecule has 0 aromatic heterocycles. The number of anilines is 1. The van der Waals surface area contributed by atoms with Crippen molar-refractivity contribution in [3.8, 4) is 5.75 Å². The maximum absolute atomic E-state index is 10.7. The lowest BCUT2D eigenvalue weighted by atomic mass is 10.2. The minimum atomic E-state index is -0.414. The van der Waals surface area contributed by atoms with E-state index in [0.29, 0.717) is 5.75 Å². The van der Waals surface area contributed by atoms with Crippen molar-refractivity contribution in [3.63, 3.8) is 0 Å². The molecular weight excluding hydrogens is 208 g/mol. The van der Waals surface area contributed by atoms with Crippen molar-refractivity contribution >= 4 is 11.4 Å². The first kappa shape index (κ1) is 10.7. The zero-order chi connectivity index (χ0) is 11.8. The Bertz CT molecular complexity index is 427. The van der Waals surface area contributed by atoms with Crippen molar-refractivity contribution in [2.24, 2.45) is 0 Å². The molecule has 0 unspecified atom stereocenters. The molecule has 5 nitrogen and oxygen atoms in total. The van der Waals surface area contributed by atoms with E-state index in [1.54, 1.807) is 6.07 Å². The maximum Gasteiger partial charge on any atom is 0.275 e. The molecule has 1 aliphatic carbocycles. The molecule has 1 fully saturated rings. The number of nitrogens with one attached hydrogen (secondary N) is 1. The Morgan fingerprint density at radius 3 is 2.62 bits per heavy atom. The van der Waals surface area contributed by atoms with Gasteiger partial charge < -0.3 is 10.1 Å². The van der Waals surface area contributed by atoms with Gasteiger partial charge in [-0.15, -0.1) is 0 Å². The minimum absolute atomic E-state index is 0.0473. The summed E-state index contributed by atoms with van der Waals surface area (Å²) in [6.07, 6.45) is 2.19. The summed E-state index contributed by atoms with van der Waals surface area (Å²) < 4.78 is 5.04. The van der Waals surface area contributed by atoms with Crippen molar-refractivity contribution < 1.29 is 9.66 Å². The normalized spacial score (nSPS) is 16.6. The van der Waals surface area contributed by atoms with Gasteiger partial charge >= 0.3 is 0 Å². The molecule has 0 atom stereocenters. The van der Waals surface area contributed by atoms with Crippen LogP contribution in [0, 0.1) is 10.1 Å². The van der Waals surface area contributed by atoms with Crippen LogP contribution >= 0.6 is 0 Å². The topological polar surface area (TPSA) is 64.4 Å². The van der Waals surface area contributed by atoms with E-state index in [-0.39, 0.29) is 11.2 Å². The van der Waals surface area contributed by atoms with E-state index in [1.807, 2.05) is 0 Å². The van der Waals surface area contributed by atoms with Crippen molar-refractivity contribution in [2.75, 3.05) is 12.4 Å². The number of benzene rings is 1. The molecule has 0 radical (unpaired) electrons. The molecule has 0 amide bonds. The average molecular weight is 222 g/mol. The summed E-state index contributed by atoms with van der Waals surface area (Å²) in [5, 5.41) is 14.0. The molecule has 0 spiro atoms. The Hall–Kier alpha value is -1.78. The fraction of sp³-hybridized carbons (Fsp3) is 0.455. The van der Waals surface area contributed by atoms with E-state index in [0.717, 1.165) is 18.5 Å². The van der Waals surface area contributed by atoms with Crippen LogP contribution in [-0.2, 0) is 0 Å². The van der Waals surface area contributed by atoms with Gasteiger partial charge in [0.2, 0.25) is 0 Å². The second kappa shape index (κ2) is 3.66. The highest BCUT2D eigenvalue weighted by Crippen LogP contribution is 2.39. The van der Waals surface area contributed by atoms with Gasteiger partial charge in [-0.2, -0.15) is 0 Å². The molecule has 0 saturated heterocycles. The molecule has 2 rings (SSSR count). The minimum Gasteiger partial charge on any atom is -0.496 e. The highest BCUT2D eigenvalue weighted by atomic mass is 16.6. The van der Waals surface area contributed by atoms with Gasteiger partial charge in [-0.1, -0.05) is 0 Å². The van der Waals surface area contributed by atoms with Crippen LogP contribution in [-0.4, -0.2) is 17.6 Å². The van der Waals surface area contributed by atoms with E-state index in [9.17, 15) is 10.1 Å². The zero-order valence-corrected chi connectivity index (χ0v) is 9.32. The van der Waals surface area contributed by atoms with Crippen LogP contribution in [0.4, 0.5) is 11.4 Å². The Labute approximate surface area is 93.6 Å². The summed E-state index contributed by atoms with van der Waals surface area (Å²) in [6, 6.07) is 4.73. The lowest BCUT2D eigenvalue weighted by Crippen LogP contribution is -2.15. The first-order chi connectivity index (χ1) is 7.52. The number of rotatable bonds is 4. The number of hydrogen-bond donors (Lipinski definition) is 1. The predicted molar refractivity (Wildman–Crippen MR) is 60.9 cm³/mol. The molecule has 0 bridgehead atoms. The fourth-order valence-corrected chi connectivity index (χ4v) is 1.54. The molecule has 16 heavy (non-hydrogen) atoms. The number of non-ortho nitro benzene ring substituents is 1. The number of ether oxygens (including phenoxy) is 1. The zero-order valence-electron chi connectivity index (χ0n) is 9.32. The molecule has 1 N–H and O–H groups in total. The Morgan fingerprint density at radius 1 is 1.44 bits per heavy atom. The smallest absolute Gasteiger partial charge is 0.275 e. The summed E-state index contributed by atoms with van der Waals surface area (Å²) in [5.41, 5.74) is 0.886. The van der Waals surface area contributed by atoms with Gasteiger partial charge in [-0.25, -0.2) is 0 Å². The van der Waals surface area contributed by atoms with Crippen LogP contribution in [0.2, 0.25) is 0 Å². The second-order valence-electron chi connectivity index (χ2n) is 4.36. The van der Waals surface area contributed by atoms with Crippen LogP contribution < -0.4 is 10.1 Å². The summed E-state index contributed by atoms with van der Waals surface area (Å²) >= 11 is 0. The molecule has 1 saturated carbocycles. The molecule has 86 valence electrons. The van der Waals surface area contributed by atoms with Crippen molar-refractivity contribution in [2.45, 2.75) is 25.3 Å². The highest BCUT2D eigenvalue weighted by Gasteiger charge is 2.37. The summed E-state index contributed by atoms with van der Waals surface area (Å²) in [7, 11) is 1.50. The van der Waals surface area contributed by atoms with Gasteiger partial charge in [0.25, 0.3) is 5.69 Å². The Morgan fingerprint density at radius 2 is 2.12 bits per heavy atom. The predicted octanol–water partition coefficient (Wildman–Crippen LogP) is 2.57. The first-order valence-electron chi connectivity index (χ1n) is 5.14. The van der Waals surface area contributed by atoms with E-state index < -0.39 is 4.92 Å². The highest BCUT2D eigenvalue weighted by molar-refractivity contribution is 5.58. The molecule has 0 aliphatic heterocycles. The van der Waals surface area contributed by atoms with E-state index >= 15 is 0 Å². The van der Waals surface area contributed by atoms with Gasteiger partial charge in [0, 0.05) is 23.4 Å². The fourth-order valence-electron chi connectivity index (χ4n) is 1.54. The lowest BCUT2D eigenvalue weighted by molar-refractivity contribution is -0.384. The molecule has 0 heterocycles. The van der Waals surface area contributed by atoms with Crippen LogP contribution in [0.5, 0.6) is 5.75 Å². The third-order valence-corrected chi connectivity index (χ3v) is 2.78. The second-order valence-corrected chi connectivity index (χ2v) is 4.36. The summed E-state index contributed by atoms with van der Waals surface area (Å²) in [4.78, 5) is 10.3. The summed E-state index contributed by atoms with van der Waals surface area (Å²) in [5.74, 6) is 0.501. The number of nitro benzene ring substituents is 1. The van der Waals surface area contributed by atoms with Crippen molar-refractivity contribution in [3.05, 3.63) is 28.3 Å². The van der Waals surface area contributed by atoms with E-state index in [4.69, 9.17) is 4.74 Å². The number of hydrogen-bond acceptors (Lipinski definition) is 4. The van der Waals surface area contributed by atoms with E-state index in [1.165, 1.54) is 19.2 Å². The van der Waals surface area contributed by atoms with Crippen LogP contribution in [0.1, 0.15) is 19.8 Å². The van der Waals surface area contributed by atoms with Crippen molar-refractivity contribution in [1.82, 2.24) is 0 Å². The Kier molecular flexibility index (Phi) is 2.46. The maximum atomic E-state index is 10.7. The van der Waals surface area contributed by atoms with E-state index in [2.05, 4.69) is 12.2 Å². The van der Waals surface area contributed by atoms with Crippen molar-refractivity contribution in [1.29, 1.82) is 0 Å². The van der Waals surface area contributed by atoms with Crippen LogP contribution in [0.15, 0.2) is 18.2 Å². The third-order valence-electron chi connectivity index (χ3n) is 2.78. The third kappa shape index (κ3) is 2.24. The van der Waals surface area contributed by atoms with Gasteiger partial charge in [-0.3, -0.25) is 10.1 Å². The lowest BCUT2D eigenvalue weighted by Gasteiger charge is -2.13. The molecule has 1 aliphatic rings. The number of nitro groups is 1. The van der Waals surface area contributed by atoms with Gasteiger partial charge in [0.1, 0.15) is 5.75 Å². The molecule has 1 aromatic rings. The van der Waals surface area contributed by atoms with Gasteiger partial charge in [-0.05, 0) is 19.8 Å². The number of methoxy groups -OCH3 is 1. The Balaban J connectivity index is 2.29. The standard InChI is InChI=1S/C11H14N2O3/c1-11(3-4-11)12-8-5-9(13(14)15)7-10(6-8)16-2/h5-7,12H,3-4H2,1-2H3. The molecular formula is C11H14N2O3. The molecule has 5 heteroatoms. The van der Waals surface area contributed by atoms with Crippen LogP contribution in [0.3, 0.4) is 0 Å². The van der Waals surface area contributed by atoms with Crippen LogP contribution in [0.25, 0.3) is 0 Å². The first-order valence-corrected chi connectivity index (χ1v) is 5.14. The molecule has 1 aromatic carbocycles. The number of nitrogens with zero attached hydrogens (tertiary/aromatic N) is 1. The summed E-state index contributed by atoms with van der Waals surface area (Å²) in [6.45, 7) is 2.10. The monoisotopic (exact) mass is 222 g/mol. The SMILES string of the molecule is COc1cc(NC2(C)CC2)cc([N+](=O)[O-])c1. The quantitative estimate of drug-likeness (QED) is 0.628.